The molecule has 2 heterocycles. The molecule has 10 heteroatoms. The molecule has 0 fully saturated rings. The molecule has 168 valence electrons. The van der Waals surface area contributed by atoms with Crippen molar-refractivity contribution in [3.05, 3.63) is 70.4 Å². The van der Waals surface area contributed by atoms with Crippen LogP contribution in [0.2, 0.25) is 5.02 Å². The van der Waals surface area contributed by atoms with E-state index in [2.05, 4.69) is 55.3 Å². The maximum atomic E-state index is 14.6. The molecule has 0 radical (unpaired) electrons. The molecule has 0 spiro atoms. The molecular formula is C22H25ClFN7S. The fourth-order valence-corrected chi connectivity index (χ4v) is 3.28. The molecule has 0 saturated carbocycles. The first-order valence-electron chi connectivity index (χ1n) is 9.47. The fraction of sp³-hybridized carbons (Fsp3) is 0.182. The number of aliphatic imine (C=N–C) groups is 3. The molecule has 0 aliphatic carbocycles. The second kappa shape index (κ2) is 12.3. The summed E-state index contributed by atoms with van der Waals surface area (Å²) in [5, 5.41) is 10.9. The summed E-state index contributed by atoms with van der Waals surface area (Å²) in [4.78, 5) is 16.9. The number of benzene rings is 1. The predicted molar refractivity (Wildman–Crippen MR) is 136 cm³/mol. The fourth-order valence-electron chi connectivity index (χ4n) is 3.13. The Morgan fingerprint density at radius 2 is 1.97 bits per heavy atom. The lowest BCUT2D eigenvalue weighted by molar-refractivity contribution is 0.628. The summed E-state index contributed by atoms with van der Waals surface area (Å²) in [7, 11) is 3.47. The maximum Gasteiger partial charge on any atom is 0.136 e. The lowest BCUT2D eigenvalue weighted by Crippen LogP contribution is -2.36. The van der Waals surface area contributed by atoms with Crippen LogP contribution in [0, 0.1) is 12.7 Å². The number of thiol groups is 1. The van der Waals surface area contributed by atoms with Gasteiger partial charge in [0.15, 0.2) is 0 Å². The van der Waals surface area contributed by atoms with Crippen molar-refractivity contribution >= 4 is 48.4 Å². The smallest absolute Gasteiger partial charge is 0.136 e. The highest BCUT2D eigenvalue weighted by molar-refractivity contribution is 7.77. The molecule has 2 aromatic rings. The Kier molecular flexibility index (Phi) is 9.73. The van der Waals surface area contributed by atoms with Crippen LogP contribution < -0.4 is 15.8 Å². The highest BCUT2D eigenvalue weighted by Gasteiger charge is 2.21. The molecular weight excluding hydrogens is 449 g/mol. The van der Waals surface area contributed by atoms with E-state index in [1.54, 1.807) is 32.6 Å². The zero-order valence-electron chi connectivity index (χ0n) is 18.0. The minimum Gasteiger partial charge on any atom is -0.324 e. The van der Waals surface area contributed by atoms with Gasteiger partial charge in [0.2, 0.25) is 0 Å². The number of aryl methyl sites for hydroxylation is 1. The van der Waals surface area contributed by atoms with Crippen LogP contribution in [-0.2, 0) is 0 Å². The molecule has 0 saturated heterocycles. The first kappa shape index (κ1) is 25.4. The molecule has 1 aromatic carbocycles. The van der Waals surface area contributed by atoms with Gasteiger partial charge in [-0.1, -0.05) is 11.6 Å². The van der Waals surface area contributed by atoms with Crippen LogP contribution in [-0.4, -0.2) is 44.1 Å². The Balaban J connectivity index is 0.00000176. The van der Waals surface area contributed by atoms with Crippen LogP contribution in [0.5, 0.6) is 0 Å². The largest absolute Gasteiger partial charge is 0.324 e. The molecule has 1 aliphatic heterocycles. The van der Waals surface area contributed by atoms with Gasteiger partial charge in [-0.15, -0.1) is 12.8 Å². The van der Waals surface area contributed by atoms with E-state index < -0.39 is 0 Å². The Bertz CT molecular complexity index is 1110. The average molecular weight is 474 g/mol. The number of pyridine rings is 1. The monoisotopic (exact) mass is 473 g/mol. The van der Waals surface area contributed by atoms with Crippen LogP contribution in [0.3, 0.4) is 0 Å². The molecule has 0 amide bonds. The van der Waals surface area contributed by atoms with Crippen molar-refractivity contribution < 1.29 is 4.39 Å². The van der Waals surface area contributed by atoms with E-state index in [1.165, 1.54) is 12.1 Å². The summed E-state index contributed by atoms with van der Waals surface area (Å²) in [6, 6.07) is 6.59. The summed E-state index contributed by atoms with van der Waals surface area (Å²) in [5.41, 5.74) is 4.28. The number of amidine groups is 2. The number of hydrogen-bond donors (Lipinski definition) is 4. The molecule has 0 atom stereocenters. The van der Waals surface area contributed by atoms with Crippen molar-refractivity contribution in [2.75, 3.05) is 20.8 Å². The third kappa shape index (κ3) is 6.10. The third-order valence-electron chi connectivity index (χ3n) is 4.49. The number of nitrogens with zero attached hydrogens (tertiary/aromatic N) is 4. The van der Waals surface area contributed by atoms with Gasteiger partial charge in [0.1, 0.15) is 17.5 Å². The SMILES string of the molecule is C=N/C=C1/C=C(c2cc(F)cc(-c3cc(Cl)cnc3C)c2)C(=NC)N/C1=N/CNC.NS. The molecule has 4 N–H and O–H groups in total. The van der Waals surface area contributed by atoms with E-state index in [4.69, 9.17) is 11.6 Å². The van der Waals surface area contributed by atoms with Gasteiger partial charge in [0, 0.05) is 41.8 Å². The summed E-state index contributed by atoms with van der Waals surface area (Å²) in [6.45, 7) is 5.81. The summed E-state index contributed by atoms with van der Waals surface area (Å²) >= 11 is 9.14. The van der Waals surface area contributed by atoms with Crippen LogP contribution in [0.25, 0.3) is 16.7 Å². The summed E-state index contributed by atoms with van der Waals surface area (Å²) < 4.78 is 14.6. The van der Waals surface area contributed by atoms with Crippen molar-refractivity contribution in [1.29, 1.82) is 0 Å². The number of aromatic nitrogens is 1. The Hall–Kier alpha value is -2.85. The first-order chi connectivity index (χ1) is 15.5. The van der Waals surface area contributed by atoms with Crippen LogP contribution in [0.15, 0.2) is 63.3 Å². The zero-order valence-corrected chi connectivity index (χ0v) is 19.7. The molecule has 1 aromatic heterocycles. The topological polar surface area (TPSA) is 100 Å². The lowest BCUT2D eigenvalue weighted by Gasteiger charge is -2.22. The summed E-state index contributed by atoms with van der Waals surface area (Å²) in [6.07, 6.45) is 5.03. The van der Waals surface area contributed by atoms with Crippen molar-refractivity contribution in [2.24, 2.45) is 20.1 Å². The normalized spacial score (nSPS) is 17.0. The maximum absolute atomic E-state index is 14.6. The van der Waals surface area contributed by atoms with E-state index in [1.807, 2.05) is 19.1 Å². The highest BCUT2D eigenvalue weighted by atomic mass is 35.5. The van der Waals surface area contributed by atoms with Crippen LogP contribution in [0.1, 0.15) is 11.3 Å². The molecule has 1 aliphatic rings. The van der Waals surface area contributed by atoms with Gasteiger partial charge >= 0.3 is 0 Å². The number of rotatable bonds is 5. The van der Waals surface area contributed by atoms with Crippen molar-refractivity contribution in [3.8, 4) is 11.1 Å². The minimum atomic E-state index is -0.375. The average Bonchev–Trinajstić information content (AvgIpc) is 2.80. The molecule has 3 rings (SSSR count). The number of halogens is 2. The molecule has 32 heavy (non-hydrogen) atoms. The minimum absolute atomic E-state index is 0.375. The molecule has 7 nitrogen and oxygen atoms in total. The Labute approximate surface area is 197 Å². The van der Waals surface area contributed by atoms with Gasteiger partial charge in [-0.05, 0) is 62.2 Å². The first-order valence-corrected chi connectivity index (χ1v) is 10.4. The Morgan fingerprint density at radius 3 is 2.62 bits per heavy atom. The van der Waals surface area contributed by atoms with E-state index in [-0.39, 0.29) is 5.82 Å². The van der Waals surface area contributed by atoms with Crippen molar-refractivity contribution in [3.63, 3.8) is 0 Å². The van der Waals surface area contributed by atoms with Crippen LogP contribution in [0.4, 0.5) is 4.39 Å². The third-order valence-corrected chi connectivity index (χ3v) is 4.69. The van der Waals surface area contributed by atoms with Gasteiger partial charge in [-0.2, -0.15) is 0 Å². The second-order valence-electron chi connectivity index (χ2n) is 6.56. The number of hydrogen-bond acceptors (Lipinski definition) is 7. The van der Waals surface area contributed by atoms with E-state index in [0.717, 1.165) is 11.3 Å². The highest BCUT2D eigenvalue weighted by Crippen LogP contribution is 2.30. The zero-order chi connectivity index (χ0) is 23.7. The van der Waals surface area contributed by atoms with Gasteiger partial charge in [0.05, 0.1) is 11.7 Å². The Morgan fingerprint density at radius 1 is 1.25 bits per heavy atom. The predicted octanol–water partition coefficient (Wildman–Crippen LogP) is 3.81. The van der Waals surface area contributed by atoms with Crippen molar-refractivity contribution in [2.45, 2.75) is 6.92 Å². The van der Waals surface area contributed by atoms with Gasteiger partial charge in [0.25, 0.3) is 0 Å². The number of nitrogens with one attached hydrogen (secondary N) is 2. The summed E-state index contributed by atoms with van der Waals surface area (Å²) in [5.74, 6) is 0.802. The van der Waals surface area contributed by atoms with Gasteiger partial charge in [-0.3, -0.25) is 25.1 Å². The van der Waals surface area contributed by atoms with Gasteiger partial charge in [-0.25, -0.2) is 4.39 Å². The van der Waals surface area contributed by atoms with E-state index in [9.17, 15) is 4.39 Å². The van der Waals surface area contributed by atoms with Crippen molar-refractivity contribution in [1.82, 2.24) is 15.6 Å². The standard InChI is InChI=1S/C22H22ClFN6.H3NS/c1-13-19(9-17(23)11-28-13)14-5-15(7-18(24)6-14)20-8-16(10-25-2)21(29-12-26-3)30-22(20)27-4;1-2/h5-11,26H,2,12H2,1,3-4H3,(H,27,29,30);2H,1H2/b16-10-;. The van der Waals surface area contributed by atoms with E-state index in [0.29, 0.717) is 45.6 Å². The van der Waals surface area contributed by atoms with Gasteiger partial charge < -0.3 is 10.6 Å². The quantitative estimate of drug-likeness (QED) is 0.392. The van der Waals surface area contributed by atoms with E-state index >= 15 is 0 Å². The lowest BCUT2D eigenvalue weighted by atomic mass is 9.94. The van der Waals surface area contributed by atoms with Crippen LogP contribution >= 0.6 is 24.4 Å². The molecule has 0 unspecified atom stereocenters. The molecule has 0 bridgehead atoms. The second-order valence-corrected chi connectivity index (χ2v) is 6.99. The number of nitrogens with two attached hydrogens (primary N) is 1.